The normalized spacial score (nSPS) is 16.1. The van der Waals surface area contributed by atoms with Crippen molar-refractivity contribution in [3.05, 3.63) is 48.8 Å². The van der Waals surface area contributed by atoms with Crippen LogP contribution in [0.2, 0.25) is 0 Å². The second-order valence-corrected chi connectivity index (χ2v) is 7.71. The second-order valence-electron chi connectivity index (χ2n) is 7.71. The van der Waals surface area contributed by atoms with E-state index in [4.69, 9.17) is 9.26 Å². The Balaban J connectivity index is 1.45. The Hall–Kier alpha value is -3.42. The number of hydrogen-bond acceptors (Lipinski definition) is 6. The average Bonchev–Trinajstić information content (AvgIpc) is 3.43. The summed E-state index contributed by atoms with van der Waals surface area (Å²) >= 11 is 0. The lowest BCUT2D eigenvalue weighted by molar-refractivity contribution is 0.186. The van der Waals surface area contributed by atoms with Gasteiger partial charge in [-0.1, -0.05) is 31.1 Å². The molecule has 3 heterocycles. The van der Waals surface area contributed by atoms with E-state index in [1.165, 1.54) is 0 Å². The highest BCUT2D eigenvalue weighted by atomic mass is 16.5. The van der Waals surface area contributed by atoms with Crippen LogP contribution in [0.15, 0.2) is 53.3 Å². The van der Waals surface area contributed by atoms with Crippen molar-refractivity contribution in [3.8, 4) is 28.6 Å². The maximum atomic E-state index is 12.3. The van der Waals surface area contributed by atoms with Gasteiger partial charge in [0, 0.05) is 37.5 Å². The molecule has 1 fully saturated rings. The number of ether oxygens (including phenoxy) is 1. The molecule has 1 aliphatic rings. The van der Waals surface area contributed by atoms with Crippen molar-refractivity contribution in [2.75, 3.05) is 19.6 Å². The highest BCUT2D eigenvalue weighted by Crippen LogP contribution is 2.31. The van der Waals surface area contributed by atoms with Crippen LogP contribution in [0.25, 0.3) is 22.8 Å². The van der Waals surface area contributed by atoms with E-state index in [0.717, 1.165) is 17.5 Å². The molecule has 1 atom stereocenters. The lowest BCUT2D eigenvalue weighted by Crippen LogP contribution is -2.40. The molecule has 0 aliphatic carbocycles. The van der Waals surface area contributed by atoms with E-state index >= 15 is 0 Å². The topological polar surface area (TPSA) is 93.4 Å². The lowest BCUT2D eigenvalue weighted by Gasteiger charge is -2.19. The first-order chi connectivity index (χ1) is 14.6. The summed E-state index contributed by atoms with van der Waals surface area (Å²) in [4.78, 5) is 22.6. The summed E-state index contributed by atoms with van der Waals surface area (Å²) in [6.07, 6.45) is 4.06. The van der Waals surface area contributed by atoms with Gasteiger partial charge in [-0.3, -0.25) is 4.98 Å². The third-order valence-corrected chi connectivity index (χ3v) is 4.87. The number of carbonyl (C=O) groups excluding carboxylic acids is 1. The van der Waals surface area contributed by atoms with E-state index in [1.807, 2.05) is 36.4 Å². The van der Waals surface area contributed by atoms with Crippen LogP contribution in [-0.2, 0) is 0 Å². The molecule has 1 aromatic carbocycles. The van der Waals surface area contributed by atoms with Gasteiger partial charge in [0.15, 0.2) is 0 Å². The van der Waals surface area contributed by atoms with Crippen LogP contribution in [0.5, 0.6) is 5.75 Å². The van der Waals surface area contributed by atoms with Crippen LogP contribution in [-0.4, -0.2) is 51.8 Å². The molecule has 0 saturated carbocycles. The van der Waals surface area contributed by atoms with E-state index in [-0.39, 0.29) is 12.1 Å². The Labute approximate surface area is 175 Å². The molecule has 3 aromatic rings. The Morgan fingerprint density at radius 2 is 2.07 bits per heavy atom. The molecule has 30 heavy (non-hydrogen) atoms. The molecule has 1 unspecified atom stereocenters. The summed E-state index contributed by atoms with van der Waals surface area (Å²) in [5.41, 5.74) is 1.56. The van der Waals surface area contributed by atoms with E-state index in [2.05, 4.69) is 34.3 Å². The van der Waals surface area contributed by atoms with Crippen LogP contribution >= 0.6 is 0 Å². The zero-order valence-corrected chi connectivity index (χ0v) is 17.1. The number of pyridine rings is 1. The summed E-state index contributed by atoms with van der Waals surface area (Å²) in [5.74, 6) is 1.97. The second kappa shape index (κ2) is 8.94. The number of likely N-dealkylation sites (tertiary alicyclic amines) is 1. The van der Waals surface area contributed by atoms with Crippen LogP contribution in [0.1, 0.15) is 20.3 Å². The summed E-state index contributed by atoms with van der Waals surface area (Å²) in [6.45, 7) is 6.03. The van der Waals surface area contributed by atoms with Crippen LogP contribution < -0.4 is 10.1 Å². The molecule has 0 bridgehead atoms. The predicted molar refractivity (Wildman–Crippen MR) is 112 cm³/mol. The molecule has 1 aliphatic heterocycles. The monoisotopic (exact) mass is 407 g/mol. The number of urea groups is 1. The van der Waals surface area contributed by atoms with Crippen molar-refractivity contribution in [1.29, 1.82) is 0 Å². The fraction of sp³-hybridized carbons (Fsp3) is 0.364. The maximum absolute atomic E-state index is 12.3. The van der Waals surface area contributed by atoms with Crippen molar-refractivity contribution < 1.29 is 14.1 Å². The zero-order chi connectivity index (χ0) is 20.9. The third-order valence-electron chi connectivity index (χ3n) is 4.87. The Morgan fingerprint density at radius 3 is 2.87 bits per heavy atom. The fourth-order valence-electron chi connectivity index (χ4n) is 3.29. The van der Waals surface area contributed by atoms with Gasteiger partial charge in [-0.05, 0) is 30.2 Å². The van der Waals surface area contributed by atoms with Gasteiger partial charge in [0.25, 0.3) is 5.89 Å². The van der Waals surface area contributed by atoms with Gasteiger partial charge in [-0.15, -0.1) is 0 Å². The van der Waals surface area contributed by atoms with E-state index in [0.29, 0.717) is 43.0 Å². The quantitative estimate of drug-likeness (QED) is 0.671. The van der Waals surface area contributed by atoms with Crippen molar-refractivity contribution in [2.45, 2.75) is 26.4 Å². The SMILES string of the molecule is CC(C)CNC(=O)N1CCC(Oc2ccccc2-c2nc(-c3ccncc3)no2)C1. The van der Waals surface area contributed by atoms with Gasteiger partial charge in [-0.25, -0.2) is 4.79 Å². The fourth-order valence-corrected chi connectivity index (χ4v) is 3.29. The first-order valence-corrected chi connectivity index (χ1v) is 10.1. The van der Waals surface area contributed by atoms with Gasteiger partial charge in [-0.2, -0.15) is 4.98 Å². The van der Waals surface area contributed by atoms with Crippen LogP contribution in [0.3, 0.4) is 0 Å². The smallest absolute Gasteiger partial charge is 0.317 e. The van der Waals surface area contributed by atoms with Crippen molar-refractivity contribution in [2.24, 2.45) is 5.92 Å². The average molecular weight is 407 g/mol. The van der Waals surface area contributed by atoms with Gasteiger partial charge < -0.3 is 19.5 Å². The molecule has 8 nitrogen and oxygen atoms in total. The number of carbonyl (C=O) groups is 1. The minimum Gasteiger partial charge on any atom is -0.488 e. The molecule has 2 aromatic heterocycles. The van der Waals surface area contributed by atoms with Crippen molar-refractivity contribution in [1.82, 2.24) is 25.3 Å². The first kappa shape index (κ1) is 19.9. The minimum atomic E-state index is -0.0847. The minimum absolute atomic E-state index is 0.0398. The molecule has 156 valence electrons. The van der Waals surface area contributed by atoms with E-state index in [1.54, 1.807) is 17.3 Å². The molecule has 1 saturated heterocycles. The Bertz CT molecular complexity index is 989. The number of hydrogen-bond donors (Lipinski definition) is 1. The van der Waals surface area contributed by atoms with Crippen LogP contribution in [0, 0.1) is 5.92 Å². The summed E-state index contributed by atoms with van der Waals surface area (Å²) in [7, 11) is 0. The summed E-state index contributed by atoms with van der Waals surface area (Å²) in [6, 6.07) is 11.2. The highest BCUT2D eigenvalue weighted by molar-refractivity contribution is 5.74. The van der Waals surface area contributed by atoms with Crippen molar-refractivity contribution >= 4 is 6.03 Å². The molecule has 0 spiro atoms. The maximum Gasteiger partial charge on any atom is 0.317 e. The molecular weight excluding hydrogens is 382 g/mol. The highest BCUT2D eigenvalue weighted by Gasteiger charge is 2.28. The number of amides is 2. The Morgan fingerprint density at radius 1 is 1.27 bits per heavy atom. The molecule has 1 N–H and O–H groups in total. The first-order valence-electron chi connectivity index (χ1n) is 10.1. The van der Waals surface area contributed by atoms with Gasteiger partial charge >= 0.3 is 6.03 Å². The summed E-state index contributed by atoms with van der Waals surface area (Å²) in [5, 5.41) is 7.03. The number of rotatable bonds is 6. The van der Waals surface area contributed by atoms with E-state index < -0.39 is 0 Å². The molecule has 8 heteroatoms. The lowest BCUT2D eigenvalue weighted by atomic mass is 10.2. The largest absolute Gasteiger partial charge is 0.488 e. The number of benzene rings is 1. The van der Waals surface area contributed by atoms with Crippen LogP contribution in [0.4, 0.5) is 4.79 Å². The number of para-hydroxylation sites is 1. The Kier molecular flexibility index (Phi) is 5.92. The zero-order valence-electron chi connectivity index (χ0n) is 17.1. The number of aromatic nitrogens is 3. The molecule has 4 rings (SSSR count). The van der Waals surface area contributed by atoms with Gasteiger partial charge in [0.05, 0.1) is 12.1 Å². The van der Waals surface area contributed by atoms with Crippen molar-refractivity contribution in [3.63, 3.8) is 0 Å². The van der Waals surface area contributed by atoms with E-state index in [9.17, 15) is 4.79 Å². The summed E-state index contributed by atoms with van der Waals surface area (Å²) < 4.78 is 11.7. The standard InChI is InChI=1S/C22H25N5O3/c1-15(2)13-24-22(28)27-12-9-17(14-27)29-19-6-4-3-5-18(19)21-25-20(26-30-21)16-7-10-23-11-8-16/h3-8,10-11,15,17H,9,12-14H2,1-2H3,(H,24,28). The van der Waals surface area contributed by atoms with Gasteiger partial charge in [0.2, 0.25) is 5.82 Å². The molecule has 0 radical (unpaired) electrons. The molecular formula is C22H25N5O3. The molecule has 2 amide bonds. The predicted octanol–water partition coefficient (Wildman–Crippen LogP) is 3.62. The van der Waals surface area contributed by atoms with Gasteiger partial charge in [0.1, 0.15) is 11.9 Å². The third kappa shape index (κ3) is 4.59. The number of nitrogens with zero attached hydrogens (tertiary/aromatic N) is 4. The number of nitrogens with one attached hydrogen (secondary N) is 1.